The second-order valence-corrected chi connectivity index (χ2v) is 5.22. The first-order valence-electron chi connectivity index (χ1n) is 6.68. The number of nitrogens with one attached hydrogen (secondary N) is 1. The molecule has 0 saturated carbocycles. The Morgan fingerprint density at radius 3 is 2.48 bits per heavy atom. The van der Waals surface area contributed by atoms with Gasteiger partial charge in [-0.2, -0.15) is 0 Å². The SMILES string of the molecule is Cc1ccc(C2(C(=O)Nc3ccc(F)cc3)COC2)cn1. The molecule has 2 aromatic rings. The molecule has 4 nitrogen and oxygen atoms in total. The van der Waals surface area contributed by atoms with Crippen LogP contribution in [0.5, 0.6) is 0 Å². The van der Waals surface area contributed by atoms with Crippen molar-refractivity contribution in [2.45, 2.75) is 12.3 Å². The van der Waals surface area contributed by atoms with Gasteiger partial charge in [-0.05, 0) is 42.8 Å². The van der Waals surface area contributed by atoms with Crippen LogP contribution < -0.4 is 5.32 Å². The van der Waals surface area contributed by atoms with Crippen molar-refractivity contribution in [3.8, 4) is 0 Å². The minimum Gasteiger partial charge on any atom is -0.378 e. The van der Waals surface area contributed by atoms with Gasteiger partial charge in [0.05, 0.1) is 13.2 Å². The fourth-order valence-corrected chi connectivity index (χ4v) is 2.27. The molecule has 0 unspecified atom stereocenters. The summed E-state index contributed by atoms with van der Waals surface area (Å²) >= 11 is 0. The van der Waals surface area contributed by atoms with Gasteiger partial charge in [0.1, 0.15) is 11.2 Å². The zero-order chi connectivity index (χ0) is 14.9. The minimum absolute atomic E-state index is 0.161. The van der Waals surface area contributed by atoms with E-state index in [2.05, 4.69) is 10.3 Å². The monoisotopic (exact) mass is 286 g/mol. The Hall–Kier alpha value is -2.27. The van der Waals surface area contributed by atoms with Crippen LogP contribution in [0.25, 0.3) is 0 Å². The molecule has 1 aromatic carbocycles. The molecule has 1 saturated heterocycles. The maximum absolute atomic E-state index is 12.9. The van der Waals surface area contributed by atoms with Crippen LogP contribution in [-0.2, 0) is 14.9 Å². The number of aromatic nitrogens is 1. The topological polar surface area (TPSA) is 51.2 Å². The van der Waals surface area contributed by atoms with E-state index in [1.807, 2.05) is 19.1 Å². The summed E-state index contributed by atoms with van der Waals surface area (Å²) in [5, 5.41) is 2.81. The zero-order valence-electron chi connectivity index (χ0n) is 11.6. The number of carbonyl (C=O) groups is 1. The molecule has 1 aliphatic heterocycles. The van der Waals surface area contributed by atoms with E-state index < -0.39 is 5.41 Å². The van der Waals surface area contributed by atoms with Crippen LogP contribution >= 0.6 is 0 Å². The molecule has 108 valence electrons. The van der Waals surface area contributed by atoms with Crippen LogP contribution in [0.15, 0.2) is 42.6 Å². The number of rotatable bonds is 3. The Kier molecular flexibility index (Phi) is 3.43. The quantitative estimate of drug-likeness (QED) is 0.943. The second-order valence-electron chi connectivity index (χ2n) is 5.22. The predicted octanol–water partition coefficient (Wildman–Crippen LogP) is 2.44. The number of anilines is 1. The Labute approximate surface area is 122 Å². The molecular weight excluding hydrogens is 271 g/mol. The van der Waals surface area contributed by atoms with E-state index in [0.717, 1.165) is 11.3 Å². The van der Waals surface area contributed by atoms with Crippen LogP contribution in [0.3, 0.4) is 0 Å². The molecule has 1 aliphatic rings. The number of hydrogen-bond donors (Lipinski definition) is 1. The molecule has 0 radical (unpaired) electrons. The molecule has 3 rings (SSSR count). The van der Waals surface area contributed by atoms with Crippen molar-refractivity contribution in [1.82, 2.24) is 4.98 Å². The number of aryl methyl sites for hydroxylation is 1. The van der Waals surface area contributed by atoms with E-state index in [-0.39, 0.29) is 11.7 Å². The Morgan fingerprint density at radius 2 is 1.95 bits per heavy atom. The summed E-state index contributed by atoms with van der Waals surface area (Å²) in [7, 11) is 0. The van der Waals surface area contributed by atoms with Crippen molar-refractivity contribution in [3.05, 3.63) is 59.7 Å². The highest BCUT2D eigenvalue weighted by molar-refractivity contribution is 6.00. The molecule has 0 spiro atoms. The van der Waals surface area contributed by atoms with E-state index in [1.165, 1.54) is 24.3 Å². The summed E-state index contributed by atoms with van der Waals surface area (Å²) in [6.45, 7) is 2.54. The Morgan fingerprint density at radius 1 is 1.24 bits per heavy atom. The number of benzene rings is 1. The first-order chi connectivity index (χ1) is 10.1. The Bertz CT molecular complexity index is 649. The van der Waals surface area contributed by atoms with Crippen molar-refractivity contribution in [2.24, 2.45) is 0 Å². The number of halogens is 1. The number of ether oxygens (including phenoxy) is 1. The molecule has 1 amide bonds. The van der Waals surface area contributed by atoms with Crippen LogP contribution in [0.4, 0.5) is 10.1 Å². The van der Waals surface area contributed by atoms with Crippen LogP contribution in [0.1, 0.15) is 11.3 Å². The third-order valence-electron chi connectivity index (χ3n) is 3.70. The van der Waals surface area contributed by atoms with Crippen molar-refractivity contribution in [1.29, 1.82) is 0 Å². The average molecular weight is 286 g/mol. The van der Waals surface area contributed by atoms with E-state index >= 15 is 0 Å². The molecule has 21 heavy (non-hydrogen) atoms. The fraction of sp³-hybridized carbons (Fsp3) is 0.250. The van der Waals surface area contributed by atoms with Crippen LogP contribution in [-0.4, -0.2) is 24.1 Å². The van der Waals surface area contributed by atoms with Crippen LogP contribution in [0.2, 0.25) is 0 Å². The average Bonchev–Trinajstić information content (AvgIpc) is 2.42. The van der Waals surface area contributed by atoms with E-state index in [0.29, 0.717) is 18.9 Å². The number of amides is 1. The number of pyridine rings is 1. The highest BCUT2D eigenvalue weighted by atomic mass is 19.1. The smallest absolute Gasteiger partial charge is 0.239 e. The maximum atomic E-state index is 12.9. The number of hydrogen-bond acceptors (Lipinski definition) is 3. The summed E-state index contributed by atoms with van der Waals surface area (Å²) in [6, 6.07) is 9.47. The van der Waals surface area contributed by atoms with Gasteiger partial charge < -0.3 is 10.1 Å². The summed E-state index contributed by atoms with van der Waals surface area (Å²) in [6.07, 6.45) is 1.71. The third kappa shape index (κ3) is 2.52. The lowest BCUT2D eigenvalue weighted by molar-refractivity contribution is -0.139. The van der Waals surface area contributed by atoms with Crippen molar-refractivity contribution in [3.63, 3.8) is 0 Å². The standard InChI is InChI=1S/C16H15FN2O2/c1-11-2-3-12(8-18-11)16(9-21-10-16)15(20)19-14-6-4-13(17)5-7-14/h2-8H,9-10H2,1H3,(H,19,20). The highest BCUT2D eigenvalue weighted by Gasteiger charge is 2.47. The fourth-order valence-electron chi connectivity index (χ4n) is 2.27. The van der Waals surface area contributed by atoms with Crippen LogP contribution in [0, 0.1) is 12.7 Å². The van der Waals surface area contributed by atoms with Gasteiger partial charge >= 0.3 is 0 Å². The molecular formula is C16H15FN2O2. The van der Waals surface area contributed by atoms with Gasteiger partial charge in [-0.1, -0.05) is 6.07 Å². The van der Waals surface area contributed by atoms with Crippen molar-refractivity contribution in [2.75, 3.05) is 18.5 Å². The van der Waals surface area contributed by atoms with Crippen molar-refractivity contribution < 1.29 is 13.9 Å². The van der Waals surface area contributed by atoms with Gasteiger partial charge in [0.2, 0.25) is 5.91 Å². The summed E-state index contributed by atoms with van der Waals surface area (Å²) in [5.41, 5.74) is 1.58. The van der Waals surface area contributed by atoms with E-state index in [4.69, 9.17) is 4.74 Å². The lowest BCUT2D eigenvalue weighted by atomic mass is 9.78. The van der Waals surface area contributed by atoms with Gasteiger partial charge in [0.25, 0.3) is 0 Å². The summed E-state index contributed by atoms with van der Waals surface area (Å²) in [4.78, 5) is 16.8. The van der Waals surface area contributed by atoms with Gasteiger partial charge in [0, 0.05) is 17.6 Å². The van der Waals surface area contributed by atoms with Gasteiger partial charge in [-0.25, -0.2) is 4.39 Å². The first kappa shape index (κ1) is 13.7. The molecule has 0 bridgehead atoms. The van der Waals surface area contributed by atoms with E-state index in [1.54, 1.807) is 6.20 Å². The Balaban J connectivity index is 1.83. The molecule has 1 N–H and O–H groups in total. The minimum atomic E-state index is -0.713. The van der Waals surface area contributed by atoms with E-state index in [9.17, 15) is 9.18 Å². The lowest BCUT2D eigenvalue weighted by Gasteiger charge is -2.40. The number of carbonyl (C=O) groups excluding carboxylic acids is 1. The largest absolute Gasteiger partial charge is 0.378 e. The summed E-state index contributed by atoms with van der Waals surface area (Å²) in [5.74, 6) is -0.497. The third-order valence-corrected chi connectivity index (χ3v) is 3.70. The number of nitrogens with zero attached hydrogens (tertiary/aromatic N) is 1. The van der Waals surface area contributed by atoms with Gasteiger partial charge in [0.15, 0.2) is 0 Å². The maximum Gasteiger partial charge on any atom is 0.239 e. The first-order valence-corrected chi connectivity index (χ1v) is 6.68. The van der Waals surface area contributed by atoms with Gasteiger partial charge in [-0.15, -0.1) is 0 Å². The molecule has 5 heteroatoms. The van der Waals surface area contributed by atoms with Crippen molar-refractivity contribution >= 4 is 11.6 Å². The highest BCUT2D eigenvalue weighted by Crippen LogP contribution is 2.33. The molecule has 0 atom stereocenters. The zero-order valence-corrected chi connectivity index (χ0v) is 11.6. The van der Waals surface area contributed by atoms with Gasteiger partial charge in [-0.3, -0.25) is 9.78 Å². The summed E-state index contributed by atoms with van der Waals surface area (Å²) < 4.78 is 18.1. The molecule has 1 aromatic heterocycles. The normalized spacial score (nSPS) is 16.1. The molecule has 2 heterocycles. The predicted molar refractivity (Wildman–Crippen MR) is 76.5 cm³/mol. The molecule has 1 fully saturated rings. The molecule has 0 aliphatic carbocycles. The lowest BCUT2D eigenvalue weighted by Crippen LogP contribution is -2.55. The second kappa shape index (κ2) is 5.26.